The van der Waals surface area contributed by atoms with Crippen LogP contribution in [0, 0.1) is 0 Å². The average molecular weight is 186 g/mol. The van der Waals surface area contributed by atoms with Crippen LogP contribution >= 0.6 is 10.8 Å². The molecule has 0 amide bonds. The van der Waals surface area contributed by atoms with E-state index < -0.39 is 16.7 Å². The lowest BCUT2D eigenvalue weighted by atomic mass is 10.2. The third-order valence-corrected chi connectivity index (χ3v) is 2.76. The smallest absolute Gasteiger partial charge is 0.338 e. The summed E-state index contributed by atoms with van der Waals surface area (Å²) in [5, 5.41) is 1.50. The highest BCUT2D eigenvalue weighted by Crippen LogP contribution is 2.20. The molecule has 3 nitrogen and oxygen atoms in total. The van der Waals surface area contributed by atoms with E-state index in [0.29, 0.717) is 5.57 Å². The number of carbonyl (C=O) groups is 1. The Bertz CT molecular complexity index is 299. The average Bonchev–Trinajstić information content (AvgIpc) is 2.08. The molecule has 0 bridgehead atoms. The second-order valence-electron chi connectivity index (χ2n) is 2.32. The molecule has 1 aliphatic rings. The van der Waals surface area contributed by atoms with Crippen molar-refractivity contribution in [1.82, 2.24) is 0 Å². The van der Waals surface area contributed by atoms with Crippen LogP contribution in [0.3, 0.4) is 0 Å². The number of carbonyl (C=O) groups excluding carboxylic acids is 1. The quantitative estimate of drug-likeness (QED) is 0.499. The van der Waals surface area contributed by atoms with E-state index in [1.807, 2.05) is 6.92 Å². The molecule has 66 valence electrons. The van der Waals surface area contributed by atoms with Gasteiger partial charge in [0.25, 0.3) is 0 Å². The van der Waals surface area contributed by atoms with Crippen molar-refractivity contribution in [3.8, 4) is 0 Å². The Hall–Kier alpha value is -0.870. The molecule has 1 N–H and O–H groups in total. The van der Waals surface area contributed by atoms with Crippen LogP contribution in [0.15, 0.2) is 23.1 Å². The van der Waals surface area contributed by atoms with Crippen LogP contribution < -0.4 is 0 Å². The fraction of sp³-hybridized carbons (Fsp3) is 0.250. The van der Waals surface area contributed by atoms with E-state index in [1.54, 1.807) is 12.2 Å². The molecule has 1 heterocycles. The Kier molecular flexibility index (Phi) is 2.83. The van der Waals surface area contributed by atoms with Crippen molar-refractivity contribution in [1.29, 1.82) is 0 Å². The van der Waals surface area contributed by atoms with E-state index >= 15 is 0 Å². The van der Waals surface area contributed by atoms with Crippen LogP contribution in [0.1, 0.15) is 6.92 Å². The first-order valence-electron chi connectivity index (χ1n) is 3.39. The maximum absolute atomic E-state index is 11.0. The lowest BCUT2D eigenvalue weighted by Gasteiger charge is -2.06. The molecule has 4 heteroatoms. The Morgan fingerprint density at radius 2 is 2.25 bits per heavy atom. The minimum atomic E-state index is -0.920. The highest BCUT2D eigenvalue weighted by Gasteiger charge is 2.09. The third kappa shape index (κ3) is 1.84. The first kappa shape index (κ1) is 9.22. The summed E-state index contributed by atoms with van der Waals surface area (Å²) in [7, 11) is 0.397. The molecule has 0 fully saturated rings. The van der Waals surface area contributed by atoms with E-state index in [4.69, 9.17) is 0 Å². The molecule has 1 aliphatic heterocycles. The maximum atomic E-state index is 11.0. The van der Waals surface area contributed by atoms with Gasteiger partial charge in [0.2, 0.25) is 0 Å². The van der Waals surface area contributed by atoms with Gasteiger partial charge in [-0.25, -0.2) is 4.79 Å². The third-order valence-electron chi connectivity index (χ3n) is 1.49. The summed E-state index contributed by atoms with van der Waals surface area (Å²) in [6.07, 6.45) is 3.36. The summed E-state index contributed by atoms with van der Waals surface area (Å²) < 4.78 is 13.8. The van der Waals surface area contributed by atoms with E-state index in [2.05, 4.69) is 4.74 Å². The highest BCUT2D eigenvalue weighted by atomic mass is 32.2. The summed E-state index contributed by atoms with van der Waals surface area (Å²) in [5.41, 5.74) is 0.411. The van der Waals surface area contributed by atoms with Gasteiger partial charge in [-0.05, 0) is 23.8 Å². The Morgan fingerprint density at radius 1 is 1.58 bits per heavy atom. The molecule has 0 aliphatic carbocycles. The number of allylic oxidation sites excluding steroid dienone is 1. The first-order valence-corrected chi connectivity index (χ1v) is 4.63. The molecular weight excluding hydrogens is 176 g/mol. The van der Waals surface area contributed by atoms with Crippen molar-refractivity contribution in [2.24, 2.45) is 0 Å². The van der Waals surface area contributed by atoms with Gasteiger partial charge < -0.3 is 9.29 Å². The largest absolute Gasteiger partial charge is 0.465 e. The fourth-order valence-corrected chi connectivity index (χ4v) is 1.57. The summed E-state index contributed by atoms with van der Waals surface area (Å²) in [4.78, 5) is 11.8. The zero-order valence-electron chi connectivity index (χ0n) is 6.90. The molecule has 0 saturated heterocycles. The summed E-state index contributed by atoms with van der Waals surface area (Å²) >= 11 is 0. The van der Waals surface area contributed by atoms with Gasteiger partial charge in [0, 0.05) is 10.3 Å². The number of hydrogen-bond acceptors (Lipinski definition) is 3. The van der Waals surface area contributed by atoms with Gasteiger partial charge in [0.15, 0.2) is 0 Å². The van der Waals surface area contributed by atoms with Crippen molar-refractivity contribution >= 4 is 21.6 Å². The fourth-order valence-electron chi connectivity index (χ4n) is 0.763. The Labute approximate surface area is 73.5 Å². The Morgan fingerprint density at radius 3 is 2.75 bits per heavy atom. The zero-order valence-corrected chi connectivity index (χ0v) is 7.72. The second-order valence-corrected chi connectivity index (χ2v) is 3.83. The molecular formula is C8H10O3S. The van der Waals surface area contributed by atoms with Crippen molar-refractivity contribution in [2.75, 3.05) is 7.11 Å². The van der Waals surface area contributed by atoms with Crippen molar-refractivity contribution in [2.45, 2.75) is 6.92 Å². The van der Waals surface area contributed by atoms with E-state index in [-0.39, 0.29) is 0 Å². The molecule has 1 rings (SSSR count). The predicted molar refractivity (Wildman–Crippen MR) is 50.1 cm³/mol. The highest BCUT2D eigenvalue weighted by molar-refractivity contribution is 8.13. The Balaban J connectivity index is 2.94. The predicted octanol–water partition coefficient (Wildman–Crippen LogP) is 1.55. The summed E-state index contributed by atoms with van der Waals surface area (Å²) in [5.74, 6) is -0.412. The van der Waals surface area contributed by atoms with Crippen LogP contribution in [0.2, 0.25) is 0 Å². The lowest BCUT2D eigenvalue weighted by Crippen LogP contribution is -2.05. The van der Waals surface area contributed by atoms with Gasteiger partial charge in [-0.3, -0.25) is 0 Å². The summed E-state index contributed by atoms with van der Waals surface area (Å²) in [6, 6.07) is 0. The van der Waals surface area contributed by atoms with Crippen molar-refractivity contribution < 1.29 is 14.1 Å². The van der Waals surface area contributed by atoms with E-state index in [1.165, 1.54) is 12.5 Å². The molecule has 0 radical (unpaired) electrons. The van der Waals surface area contributed by atoms with Gasteiger partial charge in [0.1, 0.15) is 0 Å². The zero-order chi connectivity index (χ0) is 9.14. The molecule has 0 saturated carbocycles. The van der Waals surface area contributed by atoms with Crippen LogP contribution in [-0.2, 0) is 9.53 Å². The minimum absolute atomic E-state index is 0.411. The molecule has 12 heavy (non-hydrogen) atoms. The second kappa shape index (κ2) is 3.69. The number of esters is 1. The van der Waals surface area contributed by atoms with Crippen molar-refractivity contribution in [3.05, 3.63) is 23.1 Å². The normalized spacial score (nSPS) is 22.1. The molecule has 0 spiro atoms. The molecule has 0 aromatic carbocycles. The molecule has 1 atom stereocenters. The number of ether oxygens (including phenoxy) is 1. The first-order chi connectivity index (χ1) is 5.65. The molecule has 1 unspecified atom stereocenters. The lowest BCUT2D eigenvalue weighted by molar-refractivity contribution is -0.135. The van der Waals surface area contributed by atoms with Crippen LogP contribution in [0.5, 0.6) is 0 Å². The van der Waals surface area contributed by atoms with Gasteiger partial charge in [-0.1, -0.05) is 6.08 Å². The molecule has 0 aromatic heterocycles. The van der Waals surface area contributed by atoms with Gasteiger partial charge in [-0.15, -0.1) is 0 Å². The standard InChI is InChI=1S/C8H10O3S/c1-6-3-4-7(5-12(6)10)8(9)11-2/h3-5,10H,1-2H3. The number of hydrogen-bond donors (Lipinski definition) is 1. The van der Waals surface area contributed by atoms with Gasteiger partial charge in [-0.2, -0.15) is 0 Å². The maximum Gasteiger partial charge on any atom is 0.338 e. The van der Waals surface area contributed by atoms with E-state index in [0.717, 1.165) is 4.86 Å². The van der Waals surface area contributed by atoms with Gasteiger partial charge >= 0.3 is 5.97 Å². The molecule has 0 aromatic rings. The summed E-state index contributed by atoms with van der Waals surface area (Å²) in [6.45, 7) is 1.81. The van der Waals surface area contributed by atoms with Crippen LogP contribution in [-0.4, -0.2) is 22.5 Å². The monoisotopic (exact) mass is 186 g/mol. The van der Waals surface area contributed by atoms with Crippen LogP contribution in [0.4, 0.5) is 0 Å². The van der Waals surface area contributed by atoms with E-state index in [9.17, 15) is 9.35 Å². The topological polar surface area (TPSA) is 46.5 Å². The van der Waals surface area contributed by atoms with Gasteiger partial charge in [0.05, 0.1) is 12.7 Å². The number of methoxy groups -OCH3 is 1. The minimum Gasteiger partial charge on any atom is -0.465 e. The SMILES string of the molecule is COC(=O)C1=CS(O)=C(C)C=C1. The van der Waals surface area contributed by atoms with Crippen LogP contribution in [0.25, 0.3) is 0 Å². The van der Waals surface area contributed by atoms with Crippen molar-refractivity contribution in [3.63, 3.8) is 0 Å². The number of rotatable bonds is 1.